The van der Waals surface area contributed by atoms with Gasteiger partial charge in [0, 0.05) is 19.3 Å². The first-order valence-corrected chi connectivity index (χ1v) is 7.28. The fraction of sp³-hybridized carbons (Fsp3) is 0.500. The van der Waals surface area contributed by atoms with Crippen LogP contribution in [0.3, 0.4) is 0 Å². The molecule has 1 aliphatic rings. The minimum Gasteiger partial charge on any atom is -0.490 e. The van der Waals surface area contributed by atoms with E-state index >= 15 is 0 Å². The highest BCUT2D eigenvalue weighted by atomic mass is 16.5. The van der Waals surface area contributed by atoms with Crippen LogP contribution < -0.4 is 15.0 Å². The lowest BCUT2D eigenvalue weighted by Gasteiger charge is -2.24. The third kappa shape index (κ3) is 3.39. The minimum absolute atomic E-state index is 0.00584. The van der Waals surface area contributed by atoms with Gasteiger partial charge in [0.1, 0.15) is 19.0 Å². The van der Waals surface area contributed by atoms with Gasteiger partial charge in [0.05, 0.1) is 11.1 Å². The Hall–Kier alpha value is -2.08. The van der Waals surface area contributed by atoms with E-state index in [0.717, 1.165) is 0 Å². The Bertz CT molecular complexity index is 584. The van der Waals surface area contributed by atoms with E-state index in [1.807, 2.05) is 20.8 Å². The van der Waals surface area contributed by atoms with Gasteiger partial charge >= 0.3 is 0 Å². The lowest BCUT2D eigenvalue weighted by Crippen LogP contribution is -2.39. The average molecular weight is 306 g/mol. The Morgan fingerprint density at radius 3 is 2.86 bits per heavy atom. The molecule has 6 heteroatoms. The molecule has 1 aromatic rings. The number of hydrogen-bond acceptors (Lipinski definition) is 4. The maximum Gasteiger partial charge on any atom is 0.250 e. The van der Waals surface area contributed by atoms with Crippen LogP contribution >= 0.6 is 0 Å². The average Bonchev–Trinajstić information content (AvgIpc) is 2.57. The van der Waals surface area contributed by atoms with Crippen molar-refractivity contribution in [2.75, 3.05) is 37.1 Å². The highest BCUT2D eigenvalue weighted by molar-refractivity contribution is 6.00. The summed E-state index contributed by atoms with van der Waals surface area (Å²) >= 11 is 0. The van der Waals surface area contributed by atoms with Crippen molar-refractivity contribution in [3.63, 3.8) is 0 Å². The van der Waals surface area contributed by atoms with Gasteiger partial charge in [-0.05, 0) is 39.0 Å². The predicted molar refractivity (Wildman–Crippen MR) is 84.3 cm³/mol. The quantitative estimate of drug-likeness (QED) is 0.924. The molecule has 0 aliphatic carbocycles. The first-order valence-electron chi connectivity index (χ1n) is 7.28. The van der Waals surface area contributed by atoms with Crippen LogP contribution in [0.1, 0.15) is 20.8 Å². The molecule has 0 bridgehead atoms. The molecule has 1 aromatic carbocycles. The molecule has 6 nitrogen and oxygen atoms in total. The molecule has 1 N–H and O–H groups in total. The standard InChI is InChI=1S/C16H22N2O4/c1-5-21-9-14(19)17-11-6-7-13-12(8-11)18(4)15(20)16(2,3)10-22-13/h6-8H,5,9-10H2,1-4H3,(H,17,19). The van der Waals surface area contributed by atoms with E-state index in [9.17, 15) is 9.59 Å². The zero-order valence-electron chi connectivity index (χ0n) is 13.4. The summed E-state index contributed by atoms with van der Waals surface area (Å²) in [7, 11) is 1.71. The third-order valence-electron chi connectivity index (χ3n) is 3.51. The van der Waals surface area contributed by atoms with Crippen molar-refractivity contribution in [3.05, 3.63) is 18.2 Å². The Labute approximate surface area is 130 Å². The fourth-order valence-electron chi connectivity index (χ4n) is 2.25. The van der Waals surface area contributed by atoms with Gasteiger partial charge in [0.2, 0.25) is 11.8 Å². The van der Waals surface area contributed by atoms with Crippen LogP contribution in [0.5, 0.6) is 5.75 Å². The lowest BCUT2D eigenvalue weighted by molar-refractivity contribution is -0.127. The second-order valence-electron chi connectivity index (χ2n) is 5.90. The van der Waals surface area contributed by atoms with E-state index in [1.54, 1.807) is 30.1 Å². The van der Waals surface area contributed by atoms with Crippen LogP contribution in [0, 0.1) is 5.41 Å². The molecule has 0 fully saturated rings. The van der Waals surface area contributed by atoms with E-state index in [4.69, 9.17) is 9.47 Å². The summed E-state index contributed by atoms with van der Waals surface area (Å²) in [6.45, 7) is 6.34. The van der Waals surface area contributed by atoms with Gasteiger partial charge in [0.15, 0.2) is 0 Å². The van der Waals surface area contributed by atoms with Crippen molar-refractivity contribution < 1.29 is 19.1 Å². The summed E-state index contributed by atoms with van der Waals surface area (Å²) in [5.74, 6) is 0.374. The second-order valence-corrected chi connectivity index (χ2v) is 5.90. The second kappa shape index (κ2) is 6.36. The first kappa shape index (κ1) is 16.3. The van der Waals surface area contributed by atoms with Crippen molar-refractivity contribution in [2.45, 2.75) is 20.8 Å². The molecule has 0 atom stereocenters. The number of carbonyl (C=O) groups is 2. The molecule has 0 unspecified atom stereocenters. The predicted octanol–water partition coefficient (Wildman–Crippen LogP) is 2.04. The van der Waals surface area contributed by atoms with Crippen LogP contribution in [-0.4, -0.2) is 38.7 Å². The summed E-state index contributed by atoms with van der Waals surface area (Å²) < 4.78 is 10.8. The maximum atomic E-state index is 12.4. The van der Waals surface area contributed by atoms with Crippen molar-refractivity contribution >= 4 is 23.2 Å². The molecule has 2 amide bonds. The van der Waals surface area contributed by atoms with Crippen LogP contribution in [0.2, 0.25) is 0 Å². The molecular formula is C16H22N2O4. The van der Waals surface area contributed by atoms with E-state index in [1.165, 1.54) is 0 Å². The number of hydrogen-bond donors (Lipinski definition) is 1. The molecule has 120 valence electrons. The molecule has 2 rings (SSSR count). The van der Waals surface area contributed by atoms with Gasteiger partial charge in [-0.3, -0.25) is 9.59 Å². The molecular weight excluding hydrogens is 284 g/mol. The number of rotatable bonds is 4. The van der Waals surface area contributed by atoms with E-state index in [-0.39, 0.29) is 18.4 Å². The largest absolute Gasteiger partial charge is 0.490 e. The van der Waals surface area contributed by atoms with Crippen molar-refractivity contribution in [3.8, 4) is 5.75 Å². The Kier molecular flexibility index (Phi) is 4.71. The summed E-state index contributed by atoms with van der Waals surface area (Å²) in [5, 5.41) is 2.75. The molecule has 1 aliphatic heterocycles. The SMILES string of the molecule is CCOCC(=O)Nc1ccc2c(c1)N(C)C(=O)C(C)(C)CO2. The van der Waals surface area contributed by atoms with E-state index in [2.05, 4.69) is 5.32 Å². The number of nitrogens with zero attached hydrogens (tertiary/aromatic N) is 1. The van der Waals surface area contributed by atoms with Crippen LogP contribution in [0.4, 0.5) is 11.4 Å². The van der Waals surface area contributed by atoms with Crippen molar-refractivity contribution in [1.29, 1.82) is 0 Å². The fourth-order valence-corrected chi connectivity index (χ4v) is 2.25. The Balaban J connectivity index is 2.22. The van der Waals surface area contributed by atoms with Gasteiger partial charge in [-0.15, -0.1) is 0 Å². The van der Waals surface area contributed by atoms with Crippen molar-refractivity contribution in [2.24, 2.45) is 5.41 Å². The Morgan fingerprint density at radius 2 is 2.18 bits per heavy atom. The smallest absolute Gasteiger partial charge is 0.250 e. The summed E-state index contributed by atoms with van der Waals surface area (Å²) in [6.07, 6.45) is 0. The zero-order valence-corrected chi connectivity index (χ0v) is 13.4. The lowest BCUT2D eigenvalue weighted by atomic mass is 9.93. The molecule has 0 spiro atoms. The zero-order chi connectivity index (χ0) is 16.3. The number of anilines is 2. The molecule has 1 heterocycles. The van der Waals surface area contributed by atoms with Crippen LogP contribution in [0.15, 0.2) is 18.2 Å². The normalized spacial score (nSPS) is 16.5. The first-order chi connectivity index (χ1) is 10.3. The number of carbonyl (C=O) groups excluding carboxylic acids is 2. The molecule has 0 saturated carbocycles. The highest BCUT2D eigenvalue weighted by Gasteiger charge is 2.36. The highest BCUT2D eigenvalue weighted by Crippen LogP contribution is 2.37. The number of ether oxygens (including phenoxy) is 2. The molecule has 22 heavy (non-hydrogen) atoms. The minimum atomic E-state index is -0.591. The van der Waals surface area contributed by atoms with Gasteiger partial charge in [-0.2, -0.15) is 0 Å². The number of nitrogens with one attached hydrogen (secondary N) is 1. The van der Waals surface area contributed by atoms with Gasteiger partial charge in [-0.25, -0.2) is 0 Å². The maximum absolute atomic E-state index is 12.4. The van der Waals surface area contributed by atoms with Crippen LogP contribution in [-0.2, 0) is 14.3 Å². The summed E-state index contributed by atoms with van der Waals surface area (Å²) in [4.78, 5) is 25.7. The van der Waals surface area contributed by atoms with E-state index in [0.29, 0.717) is 30.3 Å². The topological polar surface area (TPSA) is 67.9 Å². The van der Waals surface area contributed by atoms with Gasteiger partial charge in [0.25, 0.3) is 0 Å². The molecule has 0 radical (unpaired) electrons. The van der Waals surface area contributed by atoms with E-state index < -0.39 is 5.41 Å². The number of benzene rings is 1. The molecule has 0 saturated heterocycles. The number of fused-ring (bicyclic) bond motifs is 1. The number of amides is 2. The Morgan fingerprint density at radius 1 is 1.45 bits per heavy atom. The molecule has 0 aromatic heterocycles. The summed E-state index contributed by atoms with van der Waals surface area (Å²) in [6, 6.07) is 5.24. The van der Waals surface area contributed by atoms with Gasteiger partial charge < -0.3 is 19.7 Å². The summed E-state index contributed by atoms with van der Waals surface area (Å²) in [5.41, 5.74) is 0.655. The van der Waals surface area contributed by atoms with Crippen LogP contribution in [0.25, 0.3) is 0 Å². The monoisotopic (exact) mass is 306 g/mol. The van der Waals surface area contributed by atoms with Gasteiger partial charge in [-0.1, -0.05) is 0 Å². The van der Waals surface area contributed by atoms with Crippen molar-refractivity contribution in [1.82, 2.24) is 0 Å². The third-order valence-corrected chi connectivity index (χ3v) is 3.51.